The average Bonchev–Trinajstić information content (AvgIpc) is 2.44. The predicted octanol–water partition coefficient (Wildman–Crippen LogP) is 2.55. The third-order valence-corrected chi connectivity index (χ3v) is 2.98. The minimum Gasteiger partial charge on any atom is -0.352 e. The van der Waals surface area contributed by atoms with Crippen LogP contribution < -0.4 is 11.1 Å². The molecule has 0 aliphatic heterocycles. The molecular formula is C17H24N2O. The maximum Gasteiger partial charge on any atom is 0.251 e. The van der Waals surface area contributed by atoms with Crippen LogP contribution in [0.25, 0.3) is 0 Å². The summed E-state index contributed by atoms with van der Waals surface area (Å²) < 4.78 is 0. The lowest BCUT2D eigenvalue weighted by atomic mass is 10.1. The van der Waals surface area contributed by atoms with E-state index in [9.17, 15) is 4.79 Å². The van der Waals surface area contributed by atoms with Crippen molar-refractivity contribution in [2.24, 2.45) is 11.7 Å². The Hall–Kier alpha value is -1.79. The topological polar surface area (TPSA) is 55.1 Å². The second-order valence-corrected chi connectivity index (χ2v) is 5.23. The maximum atomic E-state index is 11.9. The van der Waals surface area contributed by atoms with Gasteiger partial charge in [-0.05, 0) is 36.6 Å². The van der Waals surface area contributed by atoms with Crippen molar-refractivity contribution >= 4 is 5.91 Å². The average molecular weight is 272 g/mol. The second kappa shape index (κ2) is 9.17. The molecule has 108 valence electrons. The van der Waals surface area contributed by atoms with Crippen LogP contribution in [0.3, 0.4) is 0 Å². The van der Waals surface area contributed by atoms with Crippen LogP contribution in [0, 0.1) is 17.8 Å². The van der Waals surface area contributed by atoms with Crippen molar-refractivity contribution < 1.29 is 4.79 Å². The molecule has 0 radical (unpaired) electrons. The van der Waals surface area contributed by atoms with Gasteiger partial charge in [0.25, 0.3) is 5.91 Å². The lowest BCUT2D eigenvalue weighted by Crippen LogP contribution is -2.24. The Morgan fingerprint density at radius 1 is 1.25 bits per heavy atom. The van der Waals surface area contributed by atoms with E-state index < -0.39 is 0 Å². The molecule has 0 unspecified atom stereocenters. The molecule has 0 atom stereocenters. The fourth-order valence-electron chi connectivity index (χ4n) is 1.84. The zero-order valence-electron chi connectivity index (χ0n) is 12.4. The number of carbonyl (C=O) groups excluding carboxylic acids is 1. The first-order valence-electron chi connectivity index (χ1n) is 7.20. The minimum atomic E-state index is -0.0205. The van der Waals surface area contributed by atoms with Gasteiger partial charge in [-0.3, -0.25) is 4.79 Å². The Labute approximate surface area is 121 Å². The van der Waals surface area contributed by atoms with Crippen LogP contribution >= 0.6 is 0 Å². The molecule has 0 aliphatic carbocycles. The van der Waals surface area contributed by atoms with E-state index in [4.69, 9.17) is 5.73 Å². The molecule has 0 heterocycles. The molecule has 3 heteroatoms. The summed E-state index contributed by atoms with van der Waals surface area (Å²) in [6.07, 6.45) is 3.40. The summed E-state index contributed by atoms with van der Waals surface area (Å²) in [5.41, 5.74) is 6.87. The standard InChI is InChI=1S/C17H24N2O/c1-14(2)6-3-4-13-19-17(20)16-10-8-15(9-11-16)7-5-12-18/h8-11,14H,3-4,6,12-13,18H2,1-2H3,(H,19,20). The van der Waals surface area contributed by atoms with Gasteiger partial charge in [0, 0.05) is 17.7 Å². The van der Waals surface area contributed by atoms with E-state index >= 15 is 0 Å². The predicted molar refractivity (Wildman–Crippen MR) is 83.4 cm³/mol. The van der Waals surface area contributed by atoms with Gasteiger partial charge in [0.2, 0.25) is 0 Å². The van der Waals surface area contributed by atoms with Crippen molar-refractivity contribution in [2.75, 3.05) is 13.1 Å². The third kappa shape index (κ3) is 6.40. The minimum absolute atomic E-state index is 0.0205. The quantitative estimate of drug-likeness (QED) is 0.617. The van der Waals surface area contributed by atoms with Crippen LogP contribution in [0.1, 0.15) is 49.0 Å². The molecule has 1 aromatic rings. The molecule has 0 saturated heterocycles. The molecule has 0 fully saturated rings. The van der Waals surface area contributed by atoms with Crippen molar-refractivity contribution in [1.82, 2.24) is 5.32 Å². The summed E-state index contributed by atoms with van der Waals surface area (Å²) >= 11 is 0. The van der Waals surface area contributed by atoms with Crippen molar-refractivity contribution in [3.8, 4) is 11.8 Å². The van der Waals surface area contributed by atoms with Crippen molar-refractivity contribution in [1.29, 1.82) is 0 Å². The zero-order valence-corrected chi connectivity index (χ0v) is 12.4. The molecule has 0 spiro atoms. The van der Waals surface area contributed by atoms with Gasteiger partial charge in [0.15, 0.2) is 0 Å². The number of hydrogen-bond donors (Lipinski definition) is 2. The molecule has 0 aromatic heterocycles. The highest BCUT2D eigenvalue weighted by molar-refractivity contribution is 5.94. The molecule has 0 aliphatic rings. The van der Waals surface area contributed by atoms with Gasteiger partial charge < -0.3 is 11.1 Å². The second-order valence-electron chi connectivity index (χ2n) is 5.23. The summed E-state index contributed by atoms with van der Waals surface area (Å²) in [6.45, 7) is 5.51. The van der Waals surface area contributed by atoms with E-state index in [1.165, 1.54) is 6.42 Å². The number of carbonyl (C=O) groups is 1. The van der Waals surface area contributed by atoms with Gasteiger partial charge in [0.1, 0.15) is 0 Å². The molecule has 3 nitrogen and oxygen atoms in total. The van der Waals surface area contributed by atoms with Crippen molar-refractivity contribution in [3.05, 3.63) is 35.4 Å². The monoisotopic (exact) mass is 272 g/mol. The number of unbranched alkanes of at least 4 members (excludes halogenated alkanes) is 1. The maximum absolute atomic E-state index is 11.9. The van der Waals surface area contributed by atoms with Gasteiger partial charge in [-0.25, -0.2) is 0 Å². The Balaban J connectivity index is 2.36. The zero-order chi connectivity index (χ0) is 14.8. The molecule has 20 heavy (non-hydrogen) atoms. The first-order valence-corrected chi connectivity index (χ1v) is 7.20. The Bertz CT molecular complexity index is 466. The normalized spacial score (nSPS) is 10.0. The smallest absolute Gasteiger partial charge is 0.251 e. The van der Waals surface area contributed by atoms with E-state index in [-0.39, 0.29) is 5.91 Å². The number of benzene rings is 1. The third-order valence-electron chi connectivity index (χ3n) is 2.98. The van der Waals surface area contributed by atoms with Gasteiger partial charge in [-0.1, -0.05) is 38.5 Å². The summed E-state index contributed by atoms with van der Waals surface area (Å²) in [5.74, 6) is 6.43. The van der Waals surface area contributed by atoms with E-state index in [1.807, 2.05) is 12.1 Å². The van der Waals surface area contributed by atoms with E-state index in [0.29, 0.717) is 12.1 Å². The van der Waals surface area contributed by atoms with Gasteiger partial charge in [-0.15, -0.1) is 0 Å². The largest absolute Gasteiger partial charge is 0.352 e. The van der Waals surface area contributed by atoms with E-state index in [2.05, 4.69) is 31.0 Å². The summed E-state index contributed by atoms with van der Waals surface area (Å²) in [5, 5.41) is 2.94. The van der Waals surface area contributed by atoms with E-state index in [0.717, 1.165) is 30.9 Å². The molecule has 0 bridgehead atoms. The molecule has 1 amide bonds. The van der Waals surface area contributed by atoms with E-state index in [1.54, 1.807) is 12.1 Å². The van der Waals surface area contributed by atoms with Gasteiger partial charge in [0.05, 0.1) is 6.54 Å². The highest BCUT2D eigenvalue weighted by Crippen LogP contribution is 2.06. The number of rotatable bonds is 6. The first kappa shape index (κ1) is 16.3. The lowest BCUT2D eigenvalue weighted by Gasteiger charge is -2.06. The first-order chi connectivity index (χ1) is 9.63. The highest BCUT2D eigenvalue weighted by atomic mass is 16.1. The van der Waals surface area contributed by atoms with Gasteiger partial charge in [-0.2, -0.15) is 0 Å². The van der Waals surface area contributed by atoms with Gasteiger partial charge >= 0.3 is 0 Å². The number of amides is 1. The fourth-order valence-corrected chi connectivity index (χ4v) is 1.84. The Morgan fingerprint density at radius 3 is 2.55 bits per heavy atom. The van der Waals surface area contributed by atoms with Crippen LogP contribution in [-0.2, 0) is 0 Å². The summed E-state index contributed by atoms with van der Waals surface area (Å²) in [4.78, 5) is 11.9. The van der Waals surface area contributed by atoms with Crippen LogP contribution in [0.15, 0.2) is 24.3 Å². The van der Waals surface area contributed by atoms with Crippen LogP contribution in [0.5, 0.6) is 0 Å². The van der Waals surface area contributed by atoms with Crippen molar-refractivity contribution in [3.63, 3.8) is 0 Å². The Kier molecular flexibility index (Phi) is 7.46. The number of nitrogens with one attached hydrogen (secondary N) is 1. The number of hydrogen-bond acceptors (Lipinski definition) is 2. The van der Waals surface area contributed by atoms with Crippen molar-refractivity contribution in [2.45, 2.75) is 33.1 Å². The fraction of sp³-hybridized carbons (Fsp3) is 0.471. The molecule has 1 aromatic carbocycles. The molecule has 3 N–H and O–H groups in total. The molecular weight excluding hydrogens is 248 g/mol. The molecule has 0 saturated carbocycles. The SMILES string of the molecule is CC(C)CCCCNC(=O)c1ccc(C#CCN)cc1. The molecule has 1 rings (SSSR count). The summed E-state index contributed by atoms with van der Waals surface area (Å²) in [7, 11) is 0. The van der Waals surface area contributed by atoms with Crippen LogP contribution in [0.2, 0.25) is 0 Å². The number of nitrogens with two attached hydrogens (primary N) is 1. The van der Waals surface area contributed by atoms with Crippen LogP contribution in [0.4, 0.5) is 0 Å². The Morgan fingerprint density at radius 2 is 1.95 bits per heavy atom. The summed E-state index contributed by atoms with van der Waals surface area (Å²) in [6, 6.07) is 7.28. The lowest BCUT2D eigenvalue weighted by molar-refractivity contribution is 0.0953. The highest BCUT2D eigenvalue weighted by Gasteiger charge is 2.04. The van der Waals surface area contributed by atoms with Crippen LogP contribution in [-0.4, -0.2) is 19.0 Å².